The van der Waals surface area contributed by atoms with Crippen LogP contribution in [-0.2, 0) is 6.54 Å². The predicted molar refractivity (Wildman–Crippen MR) is 87.5 cm³/mol. The fourth-order valence-electron chi connectivity index (χ4n) is 2.15. The Morgan fingerprint density at radius 3 is 2.57 bits per heavy atom. The van der Waals surface area contributed by atoms with Crippen molar-refractivity contribution in [2.24, 2.45) is 5.73 Å². The van der Waals surface area contributed by atoms with Gasteiger partial charge in [0.15, 0.2) is 0 Å². The van der Waals surface area contributed by atoms with Crippen LogP contribution < -0.4 is 15.4 Å². The summed E-state index contributed by atoms with van der Waals surface area (Å²) in [5.74, 6) is 6.71. The van der Waals surface area contributed by atoms with Gasteiger partial charge in [-0.3, -0.25) is 0 Å². The van der Waals surface area contributed by atoms with Crippen molar-refractivity contribution >= 4 is 5.69 Å². The zero-order valence-electron chi connectivity index (χ0n) is 12.5. The van der Waals surface area contributed by atoms with Gasteiger partial charge in [0.25, 0.3) is 0 Å². The maximum atomic E-state index is 5.44. The third-order valence-corrected chi connectivity index (χ3v) is 3.21. The van der Waals surface area contributed by atoms with Crippen molar-refractivity contribution in [2.75, 3.05) is 25.6 Å². The summed E-state index contributed by atoms with van der Waals surface area (Å²) in [5.41, 5.74) is 8.68. The number of hydrogen-bond acceptors (Lipinski definition) is 3. The highest BCUT2D eigenvalue weighted by Gasteiger charge is 2.05. The third kappa shape index (κ3) is 4.01. The van der Waals surface area contributed by atoms with Crippen LogP contribution in [0.2, 0.25) is 0 Å². The molecule has 0 atom stereocenters. The minimum Gasteiger partial charge on any atom is -0.495 e. The number of ether oxygens (including phenoxy) is 1. The van der Waals surface area contributed by atoms with Crippen LogP contribution in [0.4, 0.5) is 5.69 Å². The Balaban J connectivity index is 2.21. The minimum atomic E-state index is 0.345. The second-order valence-electron chi connectivity index (χ2n) is 4.73. The lowest BCUT2D eigenvalue weighted by Crippen LogP contribution is -2.16. The highest BCUT2D eigenvalue weighted by atomic mass is 16.5. The molecule has 0 aliphatic rings. The van der Waals surface area contributed by atoms with Crippen molar-refractivity contribution < 1.29 is 4.74 Å². The van der Waals surface area contributed by atoms with Crippen LogP contribution in [0.25, 0.3) is 0 Å². The SMILES string of the molecule is COc1ccc(CN(C)c2ccccc2)cc1C#CCN. The van der Waals surface area contributed by atoms with Crippen molar-refractivity contribution in [3.8, 4) is 17.6 Å². The fourth-order valence-corrected chi connectivity index (χ4v) is 2.15. The number of nitrogens with two attached hydrogens (primary N) is 1. The highest BCUT2D eigenvalue weighted by molar-refractivity contribution is 5.50. The zero-order valence-corrected chi connectivity index (χ0v) is 12.5. The molecule has 0 saturated carbocycles. The normalized spacial score (nSPS) is 9.67. The first kappa shape index (κ1) is 15.0. The first-order valence-electron chi connectivity index (χ1n) is 6.86. The van der Waals surface area contributed by atoms with Gasteiger partial charge in [-0.05, 0) is 29.8 Å². The van der Waals surface area contributed by atoms with Crippen molar-refractivity contribution in [3.05, 3.63) is 59.7 Å². The molecule has 2 aromatic rings. The van der Waals surface area contributed by atoms with Crippen molar-refractivity contribution in [1.82, 2.24) is 0 Å². The van der Waals surface area contributed by atoms with Gasteiger partial charge in [-0.25, -0.2) is 0 Å². The lowest BCUT2D eigenvalue weighted by molar-refractivity contribution is 0.413. The highest BCUT2D eigenvalue weighted by Crippen LogP contribution is 2.21. The summed E-state index contributed by atoms with van der Waals surface area (Å²) in [7, 11) is 3.73. The molecule has 0 unspecified atom stereocenters. The molecule has 3 nitrogen and oxygen atoms in total. The molecule has 2 rings (SSSR count). The molecule has 2 aromatic carbocycles. The Kier molecular flexibility index (Phi) is 5.25. The Hall–Kier alpha value is -2.44. The standard InChI is InChI=1S/C18H20N2O/c1-20(17-8-4-3-5-9-17)14-15-10-11-18(21-2)16(13-15)7-6-12-19/h3-5,8-11,13H,12,14,19H2,1-2H3. The van der Waals surface area contributed by atoms with E-state index in [9.17, 15) is 0 Å². The van der Waals surface area contributed by atoms with Gasteiger partial charge < -0.3 is 15.4 Å². The summed E-state index contributed by atoms with van der Waals surface area (Å²) in [4.78, 5) is 2.20. The molecular weight excluding hydrogens is 260 g/mol. The third-order valence-electron chi connectivity index (χ3n) is 3.21. The molecule has 0 saturated heterocycles. The topological polar surface area (TPSA) is 38.5 Å². The summed E-state index contributed by atoms with van der Waals surface area (Å²) in [6, 6.07) is 16.4. The van der Waals surface area contributed by atoms with E-state index >= 15 is 0 Å². The van der Waals surface area contributed by atoms with Gasteiger partial charge in [0.1, 0.15) is 5.75 Å². The van der Waals surface area contributed by atoms with E-state index in [-0.39, 0.29) is 0 Å². The number of para-hydroxylation sites is 1. The van der Waals surface area contributed by atoms with Gasteiger partial charge in [-0.1, -0.05) is 36.1 Å². The first-order valence-corrected chi connectivity index (χ1v) is 6.86. The van der Waals surface area contributed by atoms with Gasteiger partial charge in [0.2, 0.25) is 0 Å². The Labute approximate surface area is 126 Å². The van der Waals surface area contributed by atoms with Gasteiger partial charge in [0, 0.05) is 19.3 Å². The smallest absolute Gasteiger partial charge is 0.134 e. The molecule has 108 valence electrons. The van der Waals surface area contributed by atoms with Crippen LogP contribution in [0.1, 0.15) is 11.1 Å². The predicted octanol–water partition coefficient (Wildman–Crippen LogP) is 2.64. The molecule has 0 amide bonds. The van der Waals surface area contributed by atoms with E-state index in [1.165, 1.54) is 11.3 Å². The van der Waals surface area contributed by atoms with E-state index in [0.29, 0.717) is 6.54 Å². The van der Waals surface area contributed by atoms with Crippen molar-refractivity contribution in [3.63, 3.8) is 0 Å². The molecule has 0 aromatic heterocycles. The molecule has 3 heteroatoms. The number of rotatable bonds is 4. The molecule has 0 heterocycles. The number of benzene rings is 2. The largest absolute Gasteiger partial charge is 0.495 e. The molecule has 0 radical (unpaired) electrons. The van der Waals surface area contributed by atoms with Gasteiger partial charge in [-0.15, -0.1) is 0 Å². The fraction of sp³-hybridized carbons (Fsp3) is 0.222. The van der Waals surface area contributed by atoms with Crippen molar-refractivity contribution in [1.29, 1.82) is 0 Å². The molecule has 0 fully saturated rings. The van der Waals surface area contributed by atoms with E-state index in [1.807, 2.05) is 24.3 Å². The van der Waals surface area contributed by atoms with Crippen LogP contribution in [0.3, 0.4) is 0 Å². The summed E-state index contributed by atoms with van der Waals surface area (Å²) >= 11 is 0. The lowest BCUT2D eigenvalue weighted by Gasteiger charge is -2.19. The second-order valence-corrected chi connectivity index (χ2v) is 4.73. The quantitative estimate of drug-likeness (QED) is 0.875. The van der Waals surface area contributed by atoms with E-state index in [1.54, 1.807) is 7.11 Å². The average Bonchev–Trinajstić information content (AvgIpc) is 2.54. The molecule has 0 aliphatic heterocycles. The Bertz CT molecular complexity index is 641. The number of hydrogen-bond donors (Lipinski definition) is 1. The van der Waals surface area contributed by atoms with Crippen LogP contribution >= 0.6 is 0 Å². The second kappa shape index (κ2) is 7.37. The molecule has 0 bridgehead atoms. The number of anilines is 1. The lowest BCUT2D eigenvalue weighted by atomic mass is 10.1. The van der Waals surface area contributed by atoms with Gasteiger partial charge in [0.05, 0.1) is 19.2 Å². The van der Waals surface area contributed by atoms with Crippen molar-refractivity contribution in [2.45, 2.75) is 6.54 Å². The summed E-state index contributed by atoms with van der Waals surface area (Å²) in [6.07, 6.45) is 0. The monoisotopic (exact) mass is 280 g/mol. The summed E-state index contributed by atoms with van der Waals surface area (Å²) < 4.78 is 5.33. The Morgan fingerprint density at radius 2 is 1.90 bits per heavy atom. The van der Waals surface area contributed by atoms with E-state index in [2.05, 4.69) is 48.1 Å². The van der Waals surface area contributed by atoms with E-state index < -0.39 is 0 Å². The van der Waals surface area contributed by atoms with Gasteiger partial charge >= 0.3 is 0 Å². The molecule has 0 spiro atoms. The van der Waals surface area contributed by atoms with Crippen LogP contribution in [0.5, 0.6) is 5.75 Å². The molecular formula is C18H20N2O. The zero-order chi connectivity index (χ0) is 15.1. The minimum absolute atomic E-state index is 0.345. The summed E-state index contributed by atoms with van der Waals surface area (Å²) in [6.45, 7) is 1.16. The van der Waals surface area contributed by atoms with Gasteiger partial charge in [-0.2, -0.15) is 0 Å². The van der Waals surface area contributed by atoms with E-state index in [4.69, 9.17) is 10.5 Å². The van der Waals surface area contributed by atoms with Crippen LogP contribution in [0, 0.1) is 11.8 Å². The first-order chi connectivity index (χ1) is 10.2. The number of methoxy groups -OCH3 is 1. The Morgan fingerprint density at radius 1 is 1.14 bits per heavy atom. The number of nitrogens with zero attached hydrogens (tertiary/aromatic N) is 1. The molecule has 21 heavy (non-hydrogen) atoms. The summed E-state index contributed by atoms with van der Waals surface area (Å²) in [5, 5.41) is 0. The molecule has 2 N–H and O–H groups in total. The maximum absolute atomic E-state index is 5.44. The maximum Gasteiger partial charge on any atom is 0.134 e. The van der Waals surface area contributed by atoms with E-state index in [0.717, 1.165) is 17.9 Å². The van der Waals surface area contributed by atoms with Crippen LogP contribution in [0.15, 0.2) is 48.5 Å². The average molecular weight is 280 g/mol. The van der Waals surface area contributed by atoms with Crippen LogP contribution in [-0.4, -0.2) is 20.7 Å². The molecule has 0 aliphatic carbocycles.